The number of hydrazine groups is 1. The summed E-state index contributed by atoms with van der Waals surface area (Å²) in [6, 6.07) is 0.328. The Bertz CT molecular complexity index is 362. The third-order valence-electron chi connectivity index (χ3n) is 4.05. The molecule has 18 heavy (non-hydrogen) atoms. The van der Waals surface area contributed by atoms with Crippen LogP contribution >= 0.6 is 0 Å². The third-order valence-corrected chi connectivity index (χ3v) is 4.05. The highest BCUT2D eigenvalue weighted by Gasteiger charge is 2.29. The third kappa shape index (κ3) is 3.09. The molecule has 3 N–H and O–H groups in total. The van der Waals surface area contributed by atoms with E-state index in [0.29, 0.717) is 12.0 Å². The van der Waals surface area contributed by atoms with Crippen LogP contribution in [0.4, 0.5) is 0 Å². The van der Waals surface area contributed by atoms with Crippen molar-refractivity contribution in [2.24, 2.45) is 17.7 Å². The van der Waals surface area contributed by atoms with Crippen LogP contribution in [0.15, 0.2) is 6.33 Å². The second kappa shape index (κ2) is 6.29. The second-order valence-electron chi connectivity index (χ2n) is 5.55. The number of rotatable bonds is 6. The molecule has 1 aromatic rings. The molecule has 0 spiro atoms. The molecule has 1 fully saturated rings. The molecule has 1 aromatic heterocycles. The van der Waals surface area contributed by atoms with Crippen molar-refractivity contribution in [1.29, 1.82) is 0 Å². The fraction of sp³-hybridized carbons (Fsp3) is 0.846. The van der Waals surface area contributed by atoms with Gasteiger partial charge in [0.2, 0.25) is 0 Å². The quantitative estimate of drug-likeness (QED) is 0.594. The number of hydrogen-bond acceptors (Lipinski definition) is 4. The predicted molar refractivity (Wildman–Crippen MR) is 71.6 cm³/mol. The highest BCUT2D eigenvalue weighted by Crippen LogP contribution is 2.33. The van der Waals surface area contributed by atoms with Crippen LogP contribution < -0.4 is 11.3 Å². The van der Waals surface area contributed by atoms with Crippen LogP contribution in [0.5, 0.6) is 0 Å². The summed E-state index contributed by atoms with van der Waals surface area (Å²) in [5.74, 6) is 8.30. The van der Waals surface area contributed by atoms with E-state index < -0.39 is 0 Å². The first-order valence-corrected chi connectivity index (χ1v) is 7.07. The molecular formula is C13H25N5. The van der Waals surface area contributed by atoms with Crippen LogP contribution in [0, 0.1) is 11.8 Å². The molecule has 102 valence electrons. The van der Waals surface area contributed by atoms with E-state index in [9.17, 15) is 0 Å². The topological polar surface area (TPSA) is 68.8 Å². The van der Waals surface area contributed by atoms with Gasteiger partial charge in [-0.05, 0) is 31.1 Å². The van der Waals surface area contributed by atoms with Crippen molar-refractivity contribution < 1.29 is 0 Å². The highest BCUT2D eigenvalue weighted by atomic mass is 15.3. The molecule has 0 saturated heterocycles. The number of aromatic nitrogens is 3. The van der Waals surface area contributed by atoms with Crippen molar-refractivity contribution in [3.8, 4) is 0 Å². The first-order chi connectivity index (χ1) is 8.74. The summed E-state index contributed by atoms with van der Waals surface area (Å²) < 4.78 is 2.00. The van der Waals surface area contributed by atoms with Gasteiger partial charge in [0.1, 0.15) is 12.2 Å². The molecular weight excluding hydrogens is 226 g/mol. The normalized spacial score (nSPS) is 25.5. The Morgan fingerprint density at radius 2 is 2.39 bits per heavy atom. The molecule has 0 radical (unpaired) electrons. The SMILES string of the molecule is CCCn1ncnc1CC(NN)C1CCC(C)C1. The average molecular weight is 251 g/mol. The number of nitrogens with zero attached hydrogens (tertiary/aromatic N) is 3. The maximum atomic E-state index is 5.73. The average Bonchev–Trinajstić information content (AvgIpc) is 2.96. The van der Waals surface area contributed by atoms with Crippen molar-refractivity contribution >= 4 is 0 Å². The maximum absolute atomic E-state index is 5.73. The van der Waals surface area contributed by atoms with Gasteiger partial charge in [-0.3, -0.25) is 16.0 Å². The van der Waals surface area contributed by atoms with Crippen LogP contribution in [0.3, 0.4) is 0 Å². The lowest BCUT2D eigenvalue weighted by Gasteiger charge is -2.22. The number of nitrogens with one attached hydrogen (secondary N) is 1. The first-order valence-electron chi connectivity index (χ1n) is 7.07. The molecule has 0 amide bonds. The lowest BCUT2D eigenvalue weighted by molar-refractivity contribution is 0.343. The molecule has 0 bridgehead atoms. The summed E-state index contributed by atoms with van der Waals surface area (Å²) in [6.07, 6.45) is 7.49. The molecule has 1 aliphatic carbocycles. The summed E-state index contributed by atoms with van der Waals surface area (Å²) in [7, 11) is 0. The summed E-state index contributed by atoms with van der Waals surface area (Å²) in [6.45, 7) is 5.42. The summed E-state index contributed by atoms with van der Waals surface area (Å²) in [4.78, 5) is 4.37. The van der Waals surface area contributed by atoms with Crippen LogP contribution in [0.25, 0.3) is 0 Å². The minimum Gasteiger partial charge on any atom is -0.271 e. The Morgan fingerprint density at radius 3 is 3.00 bits per heavy atom. The second-order valence-corrected chi connectivity index (χ2v) is 5.55. The monoisotopic (exact) mass is 251 g/mol. The molecule has 1 saturated carbocycles. The minimum absolute atomic E-state index is 0.328. The molecule has 5 heteroatoms. The zero-order valence-electron chi connectivity index (χ0n) is 11.5. The fourth-order valence-corrected chi connectivity index (χ4v) is 3.02. The van der Waals surface area contributed by atoms with Gasteiger partial charge in [-0.1, -0.05) is 20.3 Å². The van der Waals surface area contributed by atoms with E-state index >= 15 is 0 Å². The summed E-state index contributed by atoms with van der Waals surface area (Å²) >= 11 is 0. The molecule has 2 rings (SSSR count). The molecule has 0 aliphatic heterocycles. The van der Waals surface area contributed by atoms with Gasteiger partial charge in [0.25, 0.3) is 0 Å². The van der Waals surface area contributed by atoms with E-state index in [-0.39, 0.29) is 0 Å². The molecule has 3 atom stereocenters. The molecule has 1 heterocycles. The Morgan fingerprint density at radius 1 is 1.56 bits per heavy atom. The van der Waals surface area contributed by atoms with Gasteiger partial charge in [0.15, 0.2) is 0 Å². The number of aryl methyl sites for hydroxylation is 1. The van der Waals surface area contributed by atoms with E-state index in [1.807, 2.05) is 4.68 Å². The molecule has 1 aliphatic rings. The Labute approximate surface area is 109 Å². The predicted octanol–water partition coefficient (Wildman–Crippen LogP) is 1.50. The van der Waals surface area contributed by atoms with Crippen LogP contribution in [0.1, 0.15) is 45.4 Å². The number of hydrogen-bond donors (Lipinski definition) is 2. The van der Waals surface area contributed by atoms with E-state index in [2.05, 4.69) is 29.4 Å². The lowest BCUT2D eigenvalue weighted by atomic mass is 9.94. The van der Waals surface area contributed by atoms with E-state index in [1.165, 1.54) is 19.3 Å². The molecule has 5 nitrogen and oxygen atoms in total. The number of nitrogens with two attached hydrogens (primary N) is 1. The lowest BCUT2D eigenvalue weighted by Crippen LogP contribution is -2.42. The molecule has 3 unspecified atom stereocenters. The van der Waals surface area contributed by atoms with Crippen molar-refractivity contribution in [2.75, 3.05) is 0 Å². The standard InChI is InChI=1S/C13H25N5/c1-3-6-18-13(15-9-16-18)8-12(17-14)11-5-4-10(2)7-11/h9-12,17H,3-8,14H2,1-2H3. The smallest absolute Gasteiger partial charge is 0.138 e. The highest BCUT2D eigenvalue weighted by molar-refractivity contribution is 4.93. The van der Waals surface area contributed by atoms with Gasteiger partial charge in [-0.25, -0.2) is 4.98 Å². The van der Waals surface area contributed by atoms with Crippen molar-refractivity contribution in [2.45, 2.75) is 58.5 Å². The van der Waals surface area contributed by atoms with E-state index in [4.69, 9.17) is 5.84 Å². The minimum atomic E-state index is 0.328. The van der Waals surface area contributed by atoms with Gasteiger partial charge in [0, 0.05) is 19.0 Å². The Balaban J connectivity index is 1.99. The van der Waals surface area contributed by atoms with Crippen LogP contribution in [-0.2, 0) is 13.0 Å². The van der Waals surface area contributed by atoms with Gasteiger partial charge >= 0.3 is 0 Å². The van der Waals surface area contributed by atoms with Crippen molar-refractivity contribution in [3.05, 3.63) is 12.2 Å². The molecule has 0 aromatic carbocycles. The van der Waals surface area contributed by atoms with Crippen LogP contribution in [-0.4, -0.2) is 20.8 Å². The van der Waals surface area contributed by atoms with Crippen LogP contribution in [0.2, 0.25) is 0 Å². The van der Waals surface area contributed by atoms with Crippen molar-refractivity contribution in [3.63, 3.8) is 0 Å². The summed E-state index contributed by atoms with van der Waals surface area (Å²) in [5.41, 5.74) is 2.99. The van der Waals surface area contributed by atoms with Gasteiger partial charge in [0.05, 0.1) is 0 Å². The summed E-state index contributed by atoms with van der Waals surface area (Å²) in [5, 5.41) is 4.27. The van der Waals surface area contributed by atoms with Gasteiger partial charge < -0.3 is 0 Å². The van der Waals surface area contributed by atoms with Gasteiger partial charge in [-0.2, -0.15) is 5.10 Å². The van der Waals surface area contributed by atoms with E-state index in [0.717, 1.165) is 31.1 Å². The van der Waals surface area contributed by atoms with Gasteiger partial charge in [-0.15, -0.1) is 0 Å². The zero-order valence-corrected chi connectivity index (χ0v) is 11.5. The first kappa shape index (κ1) is 13.5. The zero-order chi connectivity index (χ0) is 13.0. The Kier molecular flexibility index (Phi) is 4.72. The Hall–Kier alpha value is -0.940. The maximum Gasteiger partial charge on any atom is 0.138 e. The van der Waals surface area contributed by atoms with E-state index in [1.54, 1.807) is 6.33 Å². The fourth-order valence-electron chi connectivity index (χ4n) is 3.02. The van der Waals surface area contributed by atoms with Crippen molar-refractivity contribution in [1.82, 2.24) is 20.2 Å². The largest absolute Gasteiger partial charge is 0.271 e.